The Hall–Kier alpha value is -2.33. The quantitative estimate of drug-likeness (QED) is 0.733. The van der Waals surface area contributed by atoms with E-state index in [0.29, 0.717) is 10.5 Å². The highest BCUT2D eigenvalue weighted by Crippen LogP contribution is 2.23. The van der Waals surface area contributed by atoms with Crippen LogP contribution in [-0.4, -0.2) is 33.6 Å². The molecule has 2 rings (SSSR count). The maximum atomic E-state index is 11.9. The summed E-state index contributed by atoms with van der Waals surface area (Å²) in [6.07, 6.45) is 2.75. The van der Waals surface area contributed by atoms with E-state index in [1.54, 1.807) is 32.3 Å². The van der Waals surface area contributed by atoms with Gasteiger partial charge in [-0.15, -0.1) is 0 Å². The van der Waals surface area contributed by atoms with E-state index in [-0.39, 0.29) is 10.8 Å². The van der Waals surface area contributed by atoms with Crippen LogP contribution < -0.4 is 5.56 Å². The van der Waals surface area contributed by atoms with Crippen molar-refractivity contribution in [3.05, 3.63) is 40.4 Å². The minimum atomic E-state index is -0.438. The van der Waals surface area contributed by atoms with Crippen molar-refractivity contribution in [3.63, 3.8) is 0 Å². The summed E-state index contributed by atoms with van der Waals surface area (Å²) >= 11 is 0.985. The summed E-state index contributed by atoms with van der Waals surface area (Å²) in [4.78, 5) is 29.7. The molecule has 0 aliphatic rings. The van der Waals surface area contributed by atoms with Gasteiger partial charge in [0.05, 0.1) is 11.1 Å². The Morgan fingerprint density at radius 1 is 1.53 bits per heavy atom. The first-order valence-electron chi connectivity index (χ1n) is 5.34. The zero-order valence-electron chi connectivity index (χ0n) is 10.3. The fourth-order valence-electron chi connectivity index (χ4n) is 1.42. The van der Waals surface area contributed by atoms with Crippen LogP contribution in [0.3, 0.4) is 0 Å². The third kappa shape index (κ3) is 2.44. The second-order valence-corrected chi connectivity index (χ2v) is 4.91. The van der Waals surface area contributed by atoms with E-state index < -0.39 is 5.56 Å². The van der Waals surface area contributed by atoms with Gasteiger partial charge >= 0.3 is 0 Å². The van der Waals surface area contributed by atoms with Gasteiger partial charge in [-0.05, 0) is 23.9 Å². The SMILES string of the molecule is CN(C)C(=O)Sc1cccn2c(=O)c(C#N)cnc12. The molecule has 0 fully saturated rings. The lowest BCUT2D eigenvalue weighted by molar-refractivity contribution is 0.241. The Balaban J connectivity index is 2.60. The van der Waals surface area contributed by atoms with Gasteiger partial charge in [-0.1, -0.05) is 0 Å². The standard InChI is InChI=1S/C12H10N4O2S/c1-15(2)12(18)19-9-4-3-5-16-10(9)14-7-8(6-13)11(16)17/h3-5,7H,1-2H3. The topological polar surface area (TPSA) is 78.5 Å². The monoisotopic (exact) mass is 274 g/mol. The number of aromatic nitrogens is 2. The Bertz CT molecular complexity index is 745. The van der Waals surface area contributed by atoms with Crippen LogP contribution in [0, 0.1) is 11.3 Å². The fraction of sp³-hybridized carbons (Fsp3) is 0.167. The lowest BCUT2D eigenvalue weighted by atomic mass is 10.3. The molecular formula is C12H10N4O2S. The predicted molar refractivity (Wildman–Crippen MR) is 71.1 cm³/mol. The van der Waals surface area contributed by atoms with Crippen molar-refractivity contribution in [1.29, 1.82) is 5.26 Å². The number of fused-ring (bicyclic) bond motifs is 1. The largest absolute Gasteiger partial charge is 0.339 e. The first-order valence-corrected chi connectivity index (χ1v) is 6.16. The van der Waals surface area contributed by atoms with Crippen LogP contribution >= 0.6 is 11.8 Å². The molecule has 0 aliphatic heterocycles. The van der Waals surface area contributed by atoms with Crippen molar-refractivity contribution in [2.75, 3.05) is 14.1 Å². The summed E-state index contributed by atoms with van der Waals surface area (Å²) < 4.78 is 1.27. The Labute approximate surface area is 113 Å². The van der Waals surface area contributed by atoms with Crippen LogP contribution in [0.15, 0.2) is 34.2 Å². The average molecular weight is 274 g/mol. The molecule has 1 amide bonds. The first kappa shape index (κ1) is 13.1. The van der Waals surface area contributed by atoms with Gasteiger partial charge in [0.15, 0.2) is 5.65 Å². The molecule has 0 unspecified atom stereocenters. The number of carbonyl (C=O) groups is 1. The first-order chi connectivity index (χ1) is 9.04. The molecule has 19 heavy (non-hydrogen) atoms. The number of hydrogen-bond donors (Lipinski definition) is 0. The highest BCUT2D eigenvalue weighted by Gasteiger charge is 2.12. The van der Waals surface area contributed by atoms with Crippen LogP contribution in [-0.2, 0) is 0 Å². The number of carbonyl (C=O) groups excluding carboxylic acids is 1. The van der Waals surface area contributed by atoms with Crippen LogP contribution in [0.5, 0.6) is 0 Å². The molecule has 0 bridgehead atoms. The Kier molecular flexibility index (Phi) is 3.53. The minimum absolute atomic E-state index is 0.0291. The normalized spacial score (nSPS) is 10.2. The molecule has 96 valence electrons. The van der Waals surface area contributed by atoms with E-state index in [1.807, 2.05) is 0 Å². The van der Waals surface area contributed by atoms with Gasteiger partial charge in [0, 0.05) is 20.3 Å². The smallest absolute Gasteiger partial charge is 0.286 e. The van der Waals surface area contributed by atoms with Crippen molar-refractivity contribution in [3.8, 4) is 6.07 Å². The molecule has 0 saturated heterocycles. The minimum Gasteiger partial charge on any atom is -0.339 e. The number of hydrogen-bond acceptors (Lipinski definition) is 5. The van der Waals surface area contributed by atoms with Crippen LogP contribution in [0.4, 0.5) is 4.79 Å². The van der Waals surface area contributed by atoms with E-state index in [1.165, 1.54) is 21.7 Å². The molecule has 2 aromatic heterocycles. The molecule has 0 aliphatic carbocycles. The van der Waals surface area contributed by atoms with Crippen molar-refractivity contribution in [2.45, 2.75) is 4.90 Å². The third-order valence-electron chi connectivity index (χ3n) is 2.38. The Morgan fingerprint density at radius 3 is 2.89 bits per heavy atom. The molecule has 0 aromatic carbocycles. The van der Waals surface area contributed by atoms with Crippen molar-refractivity contribution < 1.29 is 4.79 Å². The van der Waals surface area contributed by atoms with Crippen molar-refractivity contribution in [1.82, 2.24) is 14.3 Å². The van der Waals surface area contributed by atoms with Gasteiger partial charge in [0.2, 0.25) is 0 Å². The highest BCUT2D eigenvalue weighted by molar-refractivity contribution is 8.13. The lowest BCUT2D eigenvalue weighted by Gasteiger charge is -2.10. The number of thioether (sulfide) groups is 1. The molecule has 2 heterocycles. The summed E-state index contributed by atoms with van der Waals surface area (Å²) in [5, 5.41) is 8.64. The van der Waals surface area contributed by atoms with Gasteiger partial charge in [-0.25, -0.2) is 4.98 Å². The third-order valence-corrected chi connectivity index (χ3v) is 3.46. The van der Waals surface area contributed by atoms with Gasteiger partial charge < -0.3 is 4.90 Å². The maximum absolute atomic E-state index is 11.9. The van der Waals surface area contributed by atoms with Crippen molar-refractivity contribution in [2.24, 2.45) is 0 Å². The Morgan fingerprint density at radius 2 is 2.26 bits per heavy atom. The van der Waals surface area contributed by atoms with E-state index in [0.717, 1.165) is 11.8 Å². The van der Waals surface area contributed by atoms with Crippen LogP contribution in [0.25, 0.3) is 5.65 Å². The summed E-state index contributed by atoms with van der Waals surface area (Å²) in [7, 11) is 3.29. The molecule has 0 saturated carbocycles. The van der Waals surface area contributed by atoms with Gasteiger partial charge in [0.25, 0.3) is 10.8 Å². The van der Waals surface area contributed by atoms with E-state index in [4.69, 9.17) is 5.26 Å². The fourth-order valence-corrected chi connectivity index (χ4v) is 2.18. The van der Waals surface area contributed by atoms with Crippen LogP contribution in [0.2, 0.25) is 0 Å². The van der Waals surface area contributed by atoms with E-state index in [9.17, 15) is 9.59 Å². The molecule has 0 N–H and O–H groups in total. The van der Waals surface area contributed by atoms with Crippen molar-refractivity contribution >= 4 is 22.6 Å². The van der Waals surface area contributed by atoms with Gasteiger partial charge in [-0.2, -0.15) is 5.26 Å². The van der Waals surface area contributed by atoms with Crippen LogP contribution in [0.1, 0.15) is 5.56 Å². The number of nitriles is 1. The second-order valence-electron chi connectivity index (χ2n) is 3.92. The molecule has 2 aromatic rings. The molecule has 0 radical (unpaired) electrons. The summed E-state index contributed by atoms with van der Waals surface area (Å²) in [5.41, 5.74) is -0.0995. The molecular weight excluding hydrogens is 264 g/mol. The highest BCUT2D eigenvalue weighted by atomic mass is 32.2. The summed E-state index contributed by atoms with van der Waals surface area (Å²) in [6, 6.07) is 5.14. The number of rotatable bonds is 1. The second kappa shape index (κ2) is 5.12. The summed E-state index contributed by atoms with van der Waals surface area (Å²) in [5.74, 6) is 0. The number of nitrogens with zero attached hydrogens (tertiary/aromatic N) is 4. The average Bonchev–Trinajstić information content (AvgIpc) is 2.40. The zero-order valence-corrected chi connectivity index (χ0v) is 11.1. The molecule has 7 heteroatoms. The summed E-state index contributed by atoms with van der Waals surface area (Å²) in [6.45, 7) is 0. The zero-order chi connectivity index (χ0) is 14.0. The predicted octanol–water partition coefficient (Wildman–Crippen LogP) is 1.34. The van der Waals surface area contributed by atoms with Gasteiger partial charge in [-0.3, -0.25) is 14.0 Å². The number of amides is 1. The van der Waals surface area contributed by atoms with Gasteiger partial charge in [0.1, 0.15) is 11.6 Å². The maximum Gasteiger partial charge on any atom is 0.286 e. The lowest BCUT2D eigenvalue weighted by Crippen LogP contribution is -2.19. The molecule has 0 atom stereocenters. The molecule has 6 nitrogen and oxygen atoms in total. The van der Waals surface area contributed by atoms with E-state index in [2.05, 4.69) is 4.98 Å². The molecule has 0 spiro atoms. The van der Waals surface area contributed by atoms with E-state index >= 15 is 0 Å². The number of pyridine rings is 1.